The van der Waals surface area contributed by atoms with E-state index >= 15 is 0 Å². The number of hydrazine groups is 1. The number of nitrogens with zero attached hydrogens (tertiary/aromatic N) is 1. The SMILES string of the molecule is Cc1noc(C)c1C(C)C(=O)NNc1c(Cl)cc(Cl)cc1Cl. The van der Waals surface area contributed by atoms with E-state index in [1.54, 1.807) is 20.8 Å². The Balaban J connectivity index is 2.11. The van der Waals surface area contributed by atoms with Crippen molar-refractivity contribution in [2.45, 2.75) is 26.7 Å². The first-order valence-corrected chi connectivity index (χ1v) is 7.57. The van der Waals surface area contributed by atoms with Gasteiger partial charge in [-0.05, 0) is 32.9 Å². The molecule has 0 saturated heterocycles. The number of anilines is 1. The van der Waals surface area contributed by atoms with Crippen LogP contribution in [0.4, 0.5) is 5.69 Å². The number of rotatable bonds is 4. The normalized spacial score (nSPS) is 12.1. The molecule has 0 aliphatic rings. The fraction of sp³-hybridized carbons (Fsp3) is 0.286. The lowest BCUT2D eigenvalue weighted by Gasteiger charge is -2.15. The molecule has 2 rings (SSSR count). The number of carbonyl (C=O) groups excluding carboxylic acids is 1. The number of nitrogens with one attached hydrogen (secondary N) is 2. The van der Waals surface area contributed by atoms with Gasteiger partial charge >= 0.3 is 0 Å². The summed E-state index contributed by atoms with van der Waals surface area (Å²) >= 11 is 17.9. The Hall–Kier alpha value is -1.43. The van der Waals surface area contributed by atoms with Crippen LogP contribution in [0.5, 0.6) is 0 Å². The van der Waals surface area contributed by atoms with Gasteiger partial charge in [0.1, 0.15) is 5.76 Å². The monoisotopic (exact) mass is 361 g/mol. The quantitative estimate of drug-likeness (QED) is 0.786. The van der Waals surface area contributed by atoms with Gasteiger partial charge in [-0.3, -0.25) is 15.6 Å². The smallest absolute Gasteiger partial charge is 0.245 e. The lowest BCUT2D eigenvalue weighted by molar-refractivity contribution is -0.121. The summed E-state index contributed by atoms with van der Waals surface area (Å²) in [6, 6.07) is 3.06. The fourth-order valence-corrected chi connectivity index (χ4v) is 3.04. The zero-order valence-corrected chi connectivity index (χ0v) is 14.4. The number of hydrogen-bond donors (Lipinski definition) is 2. The van der Waals surface area contributed by atoms with Crippen LogP contribution in [0.3, 0.4) is 0 Å². The van der Waals surface area contributed by atoms with Gasteiger partial charge in [-0.2, -0.15) is 0 Å². The molecule has 5 nitrogen and oxygen atoms in total. The molecule has 118 valence electrons. The Labute approximate surface area is 142 Å². The van der Waals surface area contributed by atoms with E-state index in [1.165, 1.54) is 12.1 Å². The van der Waals surface area contributed by atoms with Crippen LogP contribution in [0.2, 0.25) is 15.1 Å². The Kier molecular flexibility index (Phi) is 5.21. The largest absolute Gasteiger partial charge is 0.361 e. The van der Waals surface area contributed by atoms with Gasteiger partial charge in [-0.1, -0.05) is 40.0 Å². The van der Waals surface area contributed by atoms with Gasteiger partial charge in [0.2, 0.25) is 5.91 Å². The zero-order valence-electron chi connectivity index (χ0n) is 12.1. The average Bonchev–Trinajstić information content (AvgIpc) is 2.76. The summed E-state index contributed by atoms with van der Waals surface area (Å²) in [5.41, 5.74) is 7.11. The first kappa shape index (κ1) is 16.9. The van der Waals surface area contributed by atoms with Crippen molar-refractivity contribution >= 4 is 46.4 Å². The Bertz CT molecular complexity index is 673. The predicted molar refractivity (Wildman–Crippen MR) is 87.6 cm³/mol. The molecule has 0 aliphatic carbocycles. The van der Waals surface area contributed by atoms with E-state index in [4.69, 9.17) is 39.3 Å². The van der Waals surface area contributed by atoms with Crippen molar-refractivity contribution < 1.29 is 9.32 Å². The molecule has 2 aromatic rings. The maximum absolute atomic E-state index is 12.3. The number of amides is 1. The zero-order chi connectivity index (χ0) is 16.4. The van der Waals surface area contributed by atoms with Gasteiger partial charge in [0.05, 0.1) is 27.3 Å². The van der Waals surface area contributed by atoms with Crippen LogP contribution in [-0.4, -0.2) is 11.1 Å². The van der Waals surface area contributed by atoms with Gasteiger partial charge in [0, 0.05) is 10.6 Å². The maximum Gasteiger partial charge on any atom is 0.245 e. The first-order valence-electron chi connectivity index (χ1n) is 6.44. The standard InChI is InChI=1S/C14H14Cl3N3O2/c1-6(12-7(2)20-22-8(12)3)14(21)19-18-13-10(16)4-9(15)5-11(13)17/h4-6,18H,1-3H3,(H,19,21). The lowest BCUT2D eigenvalue weighted by atomic mass is 9.99. The third kappa shape index (κ3) is 3.48. The Morgan fingerprint density at radius 2 is 1.82 bits per heavy atom. The summed E-state index contributed by atoms with van der Waals surface area (Å²) in [5, 5.41) is 4.87. The number of benzene rings is 1. The molecule has 2 N–H and O–H groups in total. The Morgan fingerprint density at radius 3 is 2.32 bits per heavy atom. The average molecular weight is 363 g/mol. The molecule has 8 heteroatoms. The minimum Gasteiger partial charge on any atom is -0.361 e. The van der Waals surface area contributed by atoms with Crippen molar-refractivity contribution in [3.8, 4) is 0 Å². The van der Waals surface area contributed by atoms with Crippen LogP contribution in [0.15, 0.2) is 16.7 Å². The molecule has 0 bridgehead atoms. The van der Waals surface area contributed by atoms with E-state index in [0.29, 0.717) is 32.2 Å². The van der Waals surface area contributed by atoms with Gasteiger partial charge < -0.3 is 4.52 Å². The second-order valence-corrected chi connectivity index (χ2v) is 6.07. The number of carbonyl (C=O) groups is 1. The minimum atomic E-state index is -0.441. The van der Waals surface area contributed by atoms with Gasteiger partial charge in [0.25, 0.3) is 0 Å². The summed E-state index contributed by atoms with van der Waals surface area (Å²) in [7, 11) is 0. The minimum absolute atomic E-state index is 0.267. The highest BCUT2D eigenvalue weighted by atomic mass is 35.5. The molecule has 0 fully saturated rings. The third-order valence-electron chi connectivity index (χ3n) is 3.23. The van der Waals surface area contributed by atoms with Crippen LogP contribution in [0.25, 0.3) is 0 Å². The molecule has 1 amide bonds. The molecule has 1 unspecified atom stereocenters. The van der Waals surface area contributed by atoms with Crippen LogP contribution in [-0.2, 0) is 4.79 Å². The molecule has 0 radical (unpaired) electrons. The summed E-state index contributed by atoms with van der Waals surface area (Å²) in [6.07, 6.45) is 0. The molecule has 1 atom stereocenters. The van der Waals surface area contributed by atoms with Crippen LogP contribution in [0.1, 0.15) is 29.9 Å². The van der Waals surface area contributed by atoms with Gasteiger partial charge in [-0.15, -0.1) is 0 Å². The van der Waals surface area contributed by atoms with E-state index in [9.17, 15) is 4.79 Å². The molecule has 0 saturated carbocycles. The molecular formula is C14H14Cl3N3O2. The first-order chi connectivity index (χ1) is 10.3. The molecule has 1 heterocycles. The highest BCUT2D eigenvalue weighted by Crippen LogP contribution is 2.33. The van der Waals surface area contributed by atoms with E-state index in [2.05, 4.69) is 16.0 Å². The van der Waals surface area contributed by atoms with E-state index in [0.717, 1.165) is 5.56 Å². The number of aryl methyl sites for hydroxylation is 2. The van der Waals surface area contributed by atoms with Crippen molar-refractivity contribution in [2.24, 2.45) is 0 Å². The highest BCUT2D eigenvalue weighted by Gasteiger charge is 2.23. The molecule has 22 heavy (non-hydrogen) atoms. The Morgan fingerprint density at radius 1 is 1.23 bits per heavy atom. The fourth-order valence-electron chi connectivity index (χ4n) is 2.13. The lowest BCUT2D eigenvalue weighted by Crippen LogP contribution is -2.33. The second-order valence-electron chi connectivity index (χ2n) is 4.82. The van der Waals surface area contributed by atoms with Crippen molar-refractivity contribution in [3.05, 3.63) is 44.2 Å². The summed E-state index contributed by atoms with van der Waals surface area (Å²) in [4.78, 5) is 12.3. The summed E-state index contributed by atoms with van der Waals surface area (Å²) < 4.78 is 5.07. The van der Waals surface area contributed by atoms with Crippen LogP contribution in [0, 0.1) is 13.8 Å². The topological polar surface area (TPSA) is 67.2 Å². The van der Waals surface area contributed by atoms with Crippen molar-refractivity contribution in [3.63, 3.8) is 0 Å². The van der Waals surface area contributed by atoms with Crippen molar-refractivity contribution in [1.29, 1.82) is 0 Å². The van der Waals surface area contributed by atoms with Crippen LogP contribution < -0.4 is 10.9 Å². The van der Waals surface area contributed by atoms with E-state index < -0.39 is 5.92 Å². The van der Waals surface area contributed by atoms with E-state index in [1.807, 2.05) is 0 Å². The molecular weight excluding hydrogens is 349 g/mol. The van der Waals surface area contributed by atoms with Gasteiger partial charge in [0.15, 0.2) is 0 Å². The maximum atomic E-state index is 12.3. The van der Waals surface area contributed by atoms with Crippen molar-refractivity contribution in [2.75, 3.05) is 5.43 Å². The number of halogens is 3. The van der Waals surface area contributed by atoms with E-state index in [-0.39, 0.29) is 5.91 Å². The molecule has 0 aliphatic heterocycles. The van der Waals surface area contributed by atoms with Crippen molar-refractivity contribution in [1.82, 2.24) is 10.6 Å². The second kappa shape index (κ2) is 6.77. The van der Waals surface area contributed by atoms with Gasteiger partial charge in [-0.25, -0.2) is 0 Å². The summed E-state index contributed by atoms with van der Waals surface area (Å²) in [6.45, 7) is 5.31. The number of hydrogen-bond acceptors (Lipinski definition) is 4. The molecule has 1 aromatic heterocycles. The molecule has 0 spiro atoms. The highest BCUT2D eigenvalue weighted by molar-refractivity contribution is 6.41. The number of aromatic nitrogens is 1. The third-order valence-corrected chi connectivity index (χ3v) is 4.05. The summed E-state index contributed by atoms with van der Waals surface area (Å²) in [5.74, 6) is -0.0946. The van der Waals surface area contributed by atoms with Crippen LogP contribution >= 0.6 is 34.8 Å². The predicted octanol–water partition coefficient (Wildman–Crippen LogP) is 4.50. The molecule has 1 aromatic carbocycles.